The molecule has 1 saturated carbocycles. The average molecular weight is 240 g/mol. The molecule has 1 rings (SSSR count). The number of carbonyl (C=O) groups is 1. The molecule has 0 aromatic carbocycles. The van der Waals surface area contributed by atoms with E-state index in [0.717, 1.165) is 0 Å². The lowest BCUT2D eigenvalue weighted by atomic mass is 10.1. The number of rotatable bonds is 4. The number of nitrogens with one attached hydrogen (secondary N) is 1. The third-order valence-corrected chi connectivity index (χ3v) is 3.65. The quantitative estimate of drug-likeness (QED) is 0.760. The maximum atomic E-state index is 11.7. The van der Waals surface area contributed by atoms with Gasteiger partial charge in [0, 0.05) is 13.2 Å². The smallest absolute Gasteiger partial charge is 0.229 e. The van der Waals surface area contributed by atoms with E-state index in [4.69, 9.17) is 27.9 Å². The van der Waals surface area contributed by atoms with E-state index >= 15 is 0 Å². The number of ether oxygens (including phenoxy) is 1. The van der Waals surface area contributed by atoms with Gasteiger partial charge in [-0.05, 0) is 20.3 Å². The Bertz CT molecular complexity index is 245. The molecule has 1 aliphatic rings. The lowest BCUT2D eigenvalue weighted by Gasteiger charge is -2.17. The third-order valence-electron chi connectivity index (χ3n) is 2.55. The first-order valence-corrected chi connectivity index (χ1v) is 5.27. The Hall–Kier alpha value is 0.01000. The number of hydrogen-bond acceptors (Lipinski definition) is 2. The maximum absolute atomic E-state index is 11.7. The van der Waals surface area contributed by atoms with E-state index in [1.54, 1.807) is 14.0 Å². The summed E-state index contributed by atoms with van der Waals surface area (Å²) in [4.78, 5) is 11.7. The number of alkyl halides is 2. The highest BCUT2D eigenvalue weighted by atomic mass is 35.5. The molecule has 0 bridgehead atoms. The van der Waals surface area contributed by atoms with Gasteiger partial charge in [-0.25, -0.2) is 0 Å². The molecule has 1 aliphatic carbocycles. The van der Waals surface area contributed by atoms with Crippen LogP contribution < -0.4 is 5.32 Å². The summed E-state index contributed by atoms with van der Waals surface area (Å²) in [5.41, 5.74) is -0.641. The Kier molecular flexibility index (Phi) is 3.34. The first kappa shape index (κ1) is 12.1. The van der Waals surface area contributed by atoms with Crippen molar-refractivity contribution >= 4 is 29.1 Å². The van der Waals surface area contributed by atoms with E-state index in [2.05, 4.69) is 5.32 Å². The highest BCUT2D eigenvalue weighted by molar-refractivity contribution is 6.53. The number of halogens is 2. The second kappa shape index (κ2) is 3.87. The van der Waals surface area contributed by atoms with E-state index < -0.39 is 9.75 Å². The third kappa shape index (κ3) is 2.15. The first-order chi connectivity index (χ1) is 6.33. The van der Waals surface area contributed by atoms with Gasteiger partial charge >= 0.3 is 0 Å². The van der Waals surface area contributed by atoms with Crippen molar-refractivity contribution in [2.45, 2.75) is 30.6 Å². The fourth-order valence-electron chi connectivity index (χ4n) is 1.32. The van der Waals surface area contributed by atoms with Crippen LogP contribution in [0.1, 0.15) is 20.3 Å². The van der Waals surface area contributed by atoms with Crippen LogP contribution in [0.4, 0.5) is 0 Å². The molecular formula is C9H15Cl2NO2. The van der Waals surface area contributed by atoms with Gasteiger partial charge < -0.3 is 10.1 Å². The van der Waals surface area contributed by atoms with Crippen molar-refractivity contribution in [2.75, 3.05) is 13.7 Å². The second-order valence-electron chi connectivity index (χ2n) is 4.04. The summed E-state index contributed by atoms with van der Waals surface area (Å²) < 4.78 is 4.01. The lowest BCUT2D eigenvalue weighted by molar-refractivity contribution is -0.126. The minimum absolute atomic E-state index is 0.0194. The van der Waals surface area contributed by atoms with Gasteiger partial charge in [0.05, 0.1) is 12.0 Å². The van der Waals surface area contributed by atoms with Crippen molar-refractivity contribution in [1.29, 1.82) is 0 Å². The molecule has 1 N–H and O–H groups in total. The molecule has 0 heterocycles. The van der Waals surface area contributed by atoms with Gasteiger partial charge in [-0.15, -0.1) is 23.2 Å². The van der Waals surface area contributed by atoms with Gasteiger partial charge in [0.2, 0.25) is 5.91 Å². The Balaban J connectivity index is 2.44. The van der Waals surface area contributed by atoms with E-state index in [0.29, 0.717) is 13.0 Å². The molecule has 82 valence electrons. The van der Waals surface area contributed by atoms with Gasteiger partial charge in [0.25, 0.3) is 0 Å². The second-order valence-corrected chi connectivity index (χ2v) is 5.53. The molecular weight excluding hydrogens is 225 g/mol. The zero-order chi connectivity index (χ0) is 11.0. The number of hydrogen-bond donors (Lipinski definition) is 1. The van der Waals surface area contributed by atoms with Crippen LogP contribution in [0.3, 0.4) is 0 Å². The number of amides is 1. The Morgan fingerprint density at radius 2 is 2.14 bits per heavy atom. The average Bonchev–Trinajstić information content (AvgIpc) is 2.53. The summed E-state index contributed by atoms with van der Waals surface area (Å²) in [7, 11) is 1.59. The largest absolute Gasteiger partial charge is 0.383 e. The van der Waals surface area contributed by atoms with Crippen molar-refractivity contribution in [3.05, 3.63) is 0 Å². The predicted molar refractivity (Wildman–Crippen MR) is 56.6 cm³/mol. The fourth-order valence-corrected chi connectivity index (χ4v) is 2.03. The van der Waals surface area contributed by atoms with E-state index in [1.165, 1.54) is 0 Å². The maximum Gasteiger partial charge on any atom is 0.229 e. The summed E-state index contributed by atoms with van der Waals surface area (Å²) in [6.07, 6.45) is 0.509. The predicted octanol–water partition coefficient (Wildman–Crippen LogP) is 1.72. The lowest BCUT2D eigenvalue weighted by Crippen LogP contribution is -2.41. The van der Waals surface area contributed by atoms with Crippen molar-refractivity contribution < 1.29 is 9.53 Å². The molecule has 2 atom stereocenters. The van der Waals surface area contributed by atoms with Crippen LogP contribution in [0.15, 0.2) is 0 Å². The number of carbonyl (C=O) groups excluding carboxylic acids is 1. The molecule has 0 spiro atoms. The SMILES string of the molecule is COC[C@H](C)NC(=O)[C@@]1(C)CC1(Cl)Cl. The number of methoxy groups -OCH3 is 1. The molecule has 3 nitrogen and oxygen atoms in total. The first-order valence-electron chi connectivity index (χ1n) is 4.51. The van der Waals surface area contributed by atoms with Crippen LogP contribution in [0.2, 0.25) is 0 Å². The van der Waals surface area contributed by atoms with E-state index in [1.807, 2.05) is 6.92 Å². The topological polar surface area (TPSA) is 38.3 Å². The highest BCUT2D eigenvalue weighted by Crippen LogP contribution is 2.63. The van der Waals surface area contributed by atoms with Crippen LogP contribution in [-0.4, -0.2) is 30.0 Å². The van der Waals surface area contributed by atoms with Gasteiger partial charge in [-0.3, -0.25) is 4.79 Å². The van der Waals surface area contributed by atoms with E-state index in [9.17, 15) is 4.79 Å². The highest BCUT2D eigenvalue weighted by Gasteiger charge is 2.67. The Morgan fingerprint density at radius 3 is 2.50 bits per heavy atom. The van der Waals surface area contributed by atoms with Crippen LogP contribution in [0.25, 0.3) is 0 Å². The minimum atomic E-state index is -0.899. The van der Waals surface area contributed by atoms with Crippen LogP contribution in [0, 0.1) is 5.41 Å². The van der Waals surface area contributed by atoms with Crippen LogP contribution in [0.5, 0.6) is 0 Å². The summed E-state index contributed by atoms with van der Waals surface area (Å²) in [5, 5.41) is 2.81. The van der Waals surface area contributed by atoms with Crippen molar-refractivity contribution in [2.24, 2.45) is 5.41 Å². The van der Waals surface area contributed by atoms with Gasteiger partial charge in [-0.1, -0.05) is 0 Å². The van der Waals surface area contributed by atoms with Gasteiger partial charge in [0.15, 0.2) is 0 Å². The summed E-state index contributed by atoms with van der Waals surface area (Å²) in [6, 6.07) is -0.0194. The molecule has 14 heavy (non-hydrogen) atoms. The van der Waals surface area contributed by atoms with Crippen LogP contribution >= 0.6 is 23.2 Å². The fraction of sp³-hybridized carbons (Fsp3) is 0.889. The van der Waals surface area contributed by atoms with Crippen molar-refractivity contribution in [1.82, 2.24) is 5.32 Å². The minimum Gasteiger partial charge on any atom is -0.383 e. The monoisotopic (exact) mass is 239 g/mol. The van der Waals surface area contributed by atoms with Crippen molar-refractivity contribution in [3.8, 4) is 0 Å². The summed E-state index contributed by atoms with van der Waals surface area (Å²) in [5.74, 6) is -0.105. The molecule has 1 amide bonds. The molecule has 0 aliphatic heterocycles. The summed E-state index contributed by atoms with van der Waals surface area (Å²) >= 11 is 11.8. The van der Waals surface area contributed by atoms with Crippen molar-refractivity contribution in [3.63, 3.8) is 0 Å². The Morgan fingerprint density at radius 1 is 1.64 bits per heavy atom. The molecule has 0 aromatic heterocycles. The molecule has 0 unspecified atom stereocenters. The molecule has 5 heteroatoms. The van der Waals surface area contributed by atoms with Crippen LogP contribution in [-0.2, 0) is 9.53 Å². The van der Waals surface area contributed by atoms with Gasteiger partial charge in [0.1, 0.15) is 4.33 Å². The zero-order valence-corrected chi connectivity index (χ0v) is 10.1. The molecule has 1 fully saturated rings. The molecule has 0 aromatic rings. The molecule has 0 saturated heterocycles. The zero-order valence-electron chi connectivity index (χ0n) is 8.56. The Labute approximate surface area is 94.1 Å². The van der Waals surface area contributed by atoms with E-state index in [-0.39, 0.29) is 11.9 Å². The normalized spacial score (nSPS) is 30.9. The molecule has 0 radical (unpaired) electrons. The summed E-state index contributed by atoms with van der Waals surface area (Å²) in [6.45, 7) is 4.12. The standard InChI is InChI=1S/C9H15Cl2NO2/c1-6(4-14-3)12-7(13)8(2)5-9(8,10)11/h6H,4-5H2,1-3H3,(H,12,13)/t6-,8+/m0/s1. The van der Waals surface area contributed by atoms with Gasteiger partial charge in [-0.2, -0.15) is 0 Å².